The van der Waals surface area contributed by atoms with E-state index in [1.54, 1.807) is 18.9 Å². The Kier molecular flexibility index (Phi) is 8.33. The summed E-state index contributed by atoms with van der Waals surface area (Å²) in [6.07, 6.45) is 0.927. The minimum atomic E-state index is -0.389. The van der Waals surface area contributed by atoms with Crippen molar-refractivity contribution in [3.05, 3.63) is 99.8 Å². The van der Waals surface area contributed by atoms with Gasteiger partial charge in [0.25, 0.3) is 5.91 Å². The Morgan fingerprint density at radius 2 is 1.86 bits per heavy atom. The molecule has 3 aromatic carbocycles. The summed E-state index contributed by atoms with van der Waals surface area (Å²) in [6.45, 7) is 6.02. The summed E-state index contributed by atoms with van der Waals surface area (Å²) in [6, 6.07) is 20.9. The largest absolute Gasteiger partial charge is 0.497 e. The lowest BCUT2D eigenvalue weighted by atomic mass is 10.1. The van der Waals surface area contributed by atoms with Gasteiger partial charge in [-0.2, -0.15) is 0 Å². The molecule has 1 heterocycles. The summed E-state index contributed by atoms with van der Waals surface area (Å²) >= 11 is 7.93. The Labute approximate surface area is 221 Å². The maximum Gasteiger partial charge on any atom is 0.251 e. The number of hydrogen-bond donors (Lipinski definition) is 1. The molecule has 186 valence electrons. The zero-order valence-corrected chi connectivity index (χ0v) is 22.4. The number of ether oxygens (including phenoxy) is 1. The summed E-state index contributed by atoms with van der Waals surface area (Å²) in [7, 11) is 1.66. The fraction of sp³-hybridized carbons (Fsp3) is 0.250. The Balaban J connectivity index is 1.64. The number of aryl methyl sites for hydroxylation is 2. The van der Waals surface area contributed by atoms with Crippen LogP contribution >= 0.6 is 23.4 Å². The maximum atomic E-state index is 13.0. The molecule has 8 heteroatoms. The van der Waals surface area contributed by atoms with Gasteiger partial charge in [-0.1, -0.05) is 60.6 Å². The number of amides is 1. The summed E-state index contributed by atoms with van der Waals surface area (Å²) in [5.41, 5.74) is 4.81. The van der Waals surface area contributed by atoms with E-state index in [-0.39, 0.29) is 11.9 Å². The fourth-order valence-electron chi connectivity index (χ4n) is 3.85. The minimum Gasteiger partial charge on any atom is -0.497 e. The van der Waals surface area contributed by atoms with E-state index in [2.05, 4.69) is 28.5 Å². The van der Waals surface area contributed by atoms with E-state index in [9.17, 15) is 4.79 Å². The van der Waals surface area contributed by atoms with Crippen LogP contribution in [0, 0.1) is 6.92 Å². The molecule has 0 spiro atoms. The monoisotopic (exact) mass is 520 g/mol. The highest BCUT2D eigenvalue weighted by Gasteiger charge is 2.23. The van der Waals surface area contributed by atoms with Crippen LogP contribution in [0.3, 0.4) is 0 Å². The maximum absolute atomic E-state index is 13.0. The fourth-order valence-corrected chi connectivity index (χ4v) is 4.91. The van der Waals surface area contributed by atoms with Gasteiger partial charge in [-0.15, -0.1) is 10.2 Å². The van der Waals surface area contributed by atoms with E-state index < -0.39 is 0 Å². The Bertz CT molecular complexity index is 1350. The van der Waals surface area contributed by atoms with Crippen molar-refractivity contribution in [1.82, 2.24) is 20.1 Å². The van der Waals surface area contributed by atoms with Crippen LogP contribution in [0.5, 0.6) is 5.75 Å². The number of rotatable bonds is 9. The highest BCUT2D eigenvalue weighted by atomic mass is 35.5. The molecule has 1 atom stereocenters. The number of halogens is 1. The molecule has 0 bridgehead atoms. The van der Waals surface area contributed by atoms with E-state index >= 15 is 0 Å². The topological polar surface area (TPSA) is 69.0 Å². The van der Waals surface area contributed by atoms with Crippen LogP contribution in [0.2, 0.25) is 5.02 Å². The Morgan fingerprint density at radius 1 is 1.08 bits per heavy atom. The highest BCUT2D eigenvalue weighted by Crippen LogP contribution is 2.31. The van der Waals surface area contributed by atoms with Crippen LogP contribution in [0.1, 0.15) is 52.8 Å². The standard InChI is InChI=1S/C28H29ClN4O2S/c1-5-20-10-12-22(13-11-20)27(34)30-19(3)26-31-32-28(33(26)25-16-23(29)14-9-18(25)2)36-17-21-7-6-8-24(15-21)35-4/h6-16,19H,5,17H2,1-4H3,(H,30,34). The molecule has 0 saturated heterocycles. The molecule has 0 radical (unpaired) electrons. The zero-order chi connectivity index (χ0) is 25.7. The van der Waals surface area contributed by atoms with Crippen LogP contribution < -0.4 is 10.1 Å². The molecular weight excluding hydrogens is 492 g/mol. The number of carbonyl (C=O) groups excluding carboxylic acids is 1. The van der Waals surface area contributed by atoms with Gasteiger partial charge < -0.3 is 10.1 Å². The third-order valence-electron chi connectivity index (χ3n) is 5.93. The summed E-state index contributed by atoms with van der Waals surface area (Å²) in [5.74, 6) is 1.96. The predicted molar refractivity (Wildman–Crippen MR) is 145 cm³/mol. The van der Waals surface area contributed by atoms with Gasteiger partial charge in [-0.3, -0.25) is 9.36 Å². The SMILES string of the molecule is CCc1ccc(C(=O)NC(C)c2nnc(SCc3cccc(OC)c3)n2-c2cc(Cl)ccc2C)cc1. The first-order chi connectivity index (χ1) is 17.4. The molecule has 36 heavy (non-hydrogen) atoms. The van der Waals surface area contributed by atoms with Crippen molar-refractivity contribution in [3.63, 3.8) is 0 Å². The molecule has 6 nitrogen and oxygen atoms in total. The van der Waals surface area contributed by atoms with E-state index in [4.69, 9.17) is 16.3 Å². The molecule has 1 amide bonds. The molecule has 0 fully saturated rings. The van der Waals surface area contributed by atoms with Crippen molar-refractivity contribution in [2.24, 2.45) is 0 Å². The van der Waals surface area contributed by atoms with Crippen molar-refractivity contribution < 1.29 is 9.53 Å². The van der Waals surface area contributed by atoms with Crippen molar-refractivity contribution in [1.29, 1.82) is 0 Å². The molecule has 0 aliphatic heterocycles. The van der Waals surface area contributed by atoms with Gasteiger partial charge in [-0.25, -0.2) is 0 Å². The van der Waals surface area contributed by atoms with Crippen molar-refractivity contribution in [3.8, 4) is 11.4 Å². The number of thioether (sulfide) groups is 1. The van der Waals surface area contributed by atoms with Gasteiger partial charge in [0.05, 0.1) is 18.8 Å². The van der Waals surface area contributed by atoms with Gasteiger partial charge in [0.1, 0.15) is 5.75 Å². The molecule has 0 aliphatic rings. The van der Waals surface area contributed by atoms with Crippen LogP contribution in [0.15, 0.2) is 71.9 Å². The van der Waals surface area contributed by atoms with E-state index in [1.165, 1.54) is 5.56 Å². The number of hydrogen-bond acceptors (Lipinski definition) is 5. The number of nitrogens with zero attached hydrogens (tertiary/aromatic N) is 3. The van der Waals surface area contributed by atoms with Crippen LogP contribution in [-0.4, -0.2) is 27.8 Å². The second kappa shape index (κ2) is 11.6. The van der Waals surface area contributed by atoms with Crippen LogP contribution in [0.4, 0.5) is 0 Å². The Hall–Kier alpha value is -3.29. The molecule has 0 aliphatic carbocycles. The van der Waals surface area contributed by atoms with Gasteiger partial charge >= 0.3 is 0 Å². The van der Waals surface area contributed by atoms with E-state index in [0.717, 1.165) is 29.0 Å². The number of aromatic nitrogens is 3. The van der Waals surface area contributed by atoms with E-state index in [1.807, 2.05) is 79.1 Å². The quantitative estimate of drug-likeness (QED) is 0.252. The predicted octanol–water partition coefficient (Wildman–Crippen LogP) is 6.58. The first-order valence-electron chi connectivity index (χ1n) is 11.8. The van der Waals surface area contributed by atoms with Gasteiger partial charge in [0, 0.05) is 16.3 Å². The molecular formula is C28H29ClN4O2S. The zero-order valence-electron chi connectivity index (χ0n) is 20.8. The van der Waals surface area contributed by atoms with Crippen molar-refractivity contribution >= 4 is 29.3 Å². The lowest BCUT2D eigenvalue weighted by molar-refractivity contribution is 0.0938. The van der Waals surface area contributed by atoms with Gasteiger partial charge in [0.15, 0.2) is 11.0 Å². The summed E-state index contributed by atoms with van der Waals surface area (Å²) in [4.78, 5) is 13.0. The van der Waals surface area contributed by atoms with Gasteiger partial charge in [-0.05, 0) is 73.4 Å². The average Bonchev–Trinajstić information content (AvgIpc) is 3.33. The molecule has 1 aromatic heterocycles. The van der Waals surface area contributed by atoms with Crippen molar-refractivity contribution in [2.75, 3.05) is 7.11 Å². The Morgan fingerprint density at radius 3 is 2.58 bits per heavy atom. The smallest absolute Gasteiger partial charge is 0.251 e. The normalized spacial score (nSPS) is 11.8. The number of carbonyl (C=O) groups is 1. The lowest BCUT2D eigenvalue weighted by Crippen LogP contribution is -2.28. The number of nitrogens with one attached hydrogen (secondary N) is 1. The first kappa shape index (κ1) is 25.8. The summed E-state index contributed by atoms with van der Waals surface area (Å²) in [5, 5.41) is 13.4. The molecule has 1 unspecified atom stereocenters. The molecule has 0 saturated carbocycles. The second-order valence-corrected chi connectivity index (χ2v) is 9.87. The van der Waals surface area contributed by atoms with Crippen LogP contribution in [0.25, 0.3) is 5.69 Å². The minimum absolute atomic E-state index is 0.159. The molecule has 4 rings (SSSR count). The first-order valence-corrected chi connectivity index (χ1v) is 13.1. The third kappa shape index (κ3) is 5.91. The molecule has 1 N–H and O–H groups in total. The average molecular weight is 521 g/mol. The second-order valence-electron chi connectivity index (χ2n) is 8.49. The molecule has 4 aromatic rings. The number of methoxy groups -OCH3 is 1. The van der Waals surface area contributed by atoms with Crippen LogP contribution in [-0.2, 0) is 12.2 Å². The lowest BCUT2D eigenvalue weighted by Gasteiger charge is -2.18. The highest BCUT2D eigenvalue weighted by molar-refractivity contribution is 7.98. The van der Waals surface area contributed by atoms with E-state index in [0.29, 0.717) is 27.3 Å². The van der Waals surface area contributed by atoms with Gasteiger partial charge in [0.2, 0.25) is 0 Å². The number of benzene rings is 3. The van der Waals surface area contributed by atoms with Crippen molar-refractivity contribution in [2.45, 2.75) is 44.1 Å². The summed E-state index contributed by atoms with van der Waals surface area (Å²) < 4.78 is 7.34. The third-order valence-corrected chi connectivity index (χ3v) is 7.17.